The van der Waals surface area contributed by atoms with E-state index >= 15 is 0 Å². The van der Waals surface area contributed by atoms with Crippen LogP contribution in [0.5, 0.6) is 11.5 Å². The highest BCUT2D eigenvalue weighted by Crippen LogP contribution is 2.35. The van der Waals surface area contributed by atoms with Crippen molar-refractivity contribution >= 4 is 30.7 Å². The fraction of sp³-hybridized carbons (Fsp3) is 0.444. The summed E-state index contributed by atoms with van der Waals surface area (Å²) in [6.07, 6.45) is 1.28. The van der Waals surface area contributed by atoms with E-state index in [1.807, 2.05) is 26.0 Å². The fourth-order valence-electron chi connectivity index (χ4n) is 2.75. The van der Waals surface area contributed by atoms with E-state index in [-0.39, 0.29) is 41.8 Å². The number of ether oxygens (including phenoxy) is 2. The lowest BCUT2D eigenvalue weighted by Crippen LogP contribution is -2.40. The number of oxazole rings is 1. The highest BCUT2D eigenvalue weighted by molar-refractivity contribution is 5.97. The quantitative estimate of drug-likeness (QED) is 0.803. The average Bonchev–Trinajstić information content (AvgIpc) is 3.10. The molecule has 0 saturated heterocycles. The maximum Gasteiger partial charge on any atom is 0.276 e. The first kappa shape index (κ1) is 23.1. The normalized spacial score (nSPS) is 12.6. The van der Waals surface area contributed by atoms with E-state index in [1.165, 1.54) is 6.39 Å². The van der Waals surface area contributed by atoms with Crippen molar-refractivity contribution in [3.63, 3.8) is 0 Å². The lowest BCUT2D eigenvalue weighted by Gasteiger charge is -2.28. The van der Waals surface area contributed by atoms with Gasteiger partial charge in [-0.3, -0.25) is 4.79 Å². The van der Waals surface area contributed by atoms with Gasteiger partial charge in [0.15, 0.2) is 29.3 Å². The molecule has 2 heterocycles. The van der Waals surface area contributed by atoms with E-state index in [1.54, 1.807) is 18.0 Å². The Morgan fingerprint density at radius 2 is 1.89 bits per heavy atom. The molecule has 1 aromatic carbocycles. The number of rotatable bonds is 5. The Morgan fingerprint density at radius 1 is 1.22 bits per heavy atom. The summed E-state index contributed by atoms with van der Waals surface area (Å²) in [5.74, 6) is 1.53. The van der Waals surface area contributed by atoms with Crippen molar-refractivity contribution in [3.8, 4) is 22.8 Å². The third-order valence-corrected chi connectivity index (χ3v) is 4.14. The molecule has 0 atom stereocenters. The maximum absolute atomic E-state index is 12.8. The molecule has 1 aliphatic rings. The zero-order valence-corrected chi connectivity index (χ0v) is 17.2. The number of fused-ring (bicyclic) bond motifs is 1. The van der Waals surface area contributed by atoms with Crippen LogP contribution in [-0.2, 0) is 0 Å². The van der Waals surface area contributed by atoms with Crippen LogP contribution in [0.2, 0.25) is 0 Å². The number of halogens is 2. The van der Waals surface area contributed by atoms with Gasteiger partial charge in [-0.05, 0) is 30.2 Å². The lowest BCUT2D eigenvalue weighted by molar-refractivity contribution is 0.0735. The topological polar surface area (TPSA) is 90.8 Å². The van der Waals surface area contributed by atoms with Gasteiger partial charge in [0.1, 0.15) is 13.2 Å². The number of amides is 1. The fourth-order valence-corrected chi connectivity index (χ4v) is 2.75. The zero-order chi connectivity index (χ0) is 18.0. The summed E-state index contributed by atoms with van der Waals surface area (Å²) in [6, 6.07) is 5.44. The molecule has 7 nitrogen and oxygen atoms in total. The van der Waals surface area contributed by atoms with Crippen LogP contribution in [0.1, 0.15) is 24.3 Å². The third kappa shape index (κ3) is 5.06. The second-order valence-corrected chi connectivity index (χ2v) is 6.92. The van der Waals surface area contributed by atoms with Gasteiger partial charge in [-0.25, -0.2) is 4.98 Å². The molecule has 0 radical (unpaired) electrons. The maximum atomic E-state index is 12.8. The van der Waals surface area contributed by atoms with Crippen molar-refractivity contribution in [1.82, 2.24) is 9.88 Å². The number of aromatic nitrogens is 1. The zero-order valence-electron chi connectivity index (χ0n) is 15.6. The molecular formula is C18H25Cl2N3O4. The summed E-state index contributed by atoms with van der Waals surface area (Å²) in [6.45, 7) is 6.06. The molecule has 0 fully saturated rings. The Labute approximate surface area is 171 Å². The Kier molecular flexibility index (Phi) is 7.95. The van der Waals surface area contributed by atoms with Gasteiger partial charge in [0.25, 0.3) is 5.91 Å². The van der Waals surface area contributed by atoms with Crippen LogP contribution in [-0.4, -0.2) is 49.1 Å². The molecule has 9 heteroatoms. The molecule has 150 valence electrons. The largest absolute Gasteiger partial charge is 0.486 e. The highest BCUT2D eigenvalue weighted by atomic mass is 35.5. The van der Waals surface area contributed by atoms with E-state index in [4.69, 9.17) is 19.6 Å². The molecule has 2 N–H and O–H groups in total. The minimum absolute atomic E-state index is 0. The van der Waals surface area contributed by atoms with Gasteiger partial charge < -0.3 is 24.5 Å². The minimum atomic E-state index is -0.208. The van der Waals surface area contributed by atoms with Crippen LogP contribution in [0.3, 0.4) is 0 Å². The summed E-state index contributed by atoms with van der Waals surface area (Å²) in [5.41, 5.74) is 6.58. The Balaban J connectivity index is 0.00000182. The number of hydrogen-bond donors (Lipinski definition) is 1. The summed E-state index contributed by atoms with van der Waals surface area (Å²) in [5, 5.41) is 0. The molecule has 2 aromatic rings. The molecule has 1 amide bonds. The van der Waals surface area contributed by atoms with Crippen LogP contribution in [0.25, 0.3) is 11.3 Å². The first-order chi connectivity index (χ1) is 11.9. The average molecular weight is 418 g/mol. The monoisotopic (exact) mass is 417 g/mol. The summed E-state index contributed by atoms with van der Waals surface area (Å²) in [4.78, 5) is 18.5. The van der Waals surface area contributed by atoms with E-state index in [0.29, 0.717) is 43.6 Å². The van der Waals surface area contributed by atoms with Crippen LogP contribution in [0, 0.1) is 5.41 Å². The molecule has 0 spiro atoms. The Morgan fingerprint density at radius 3 is 2.56 bits per heavy atom. The van der Waals surface area contributed by atoms with E-state index in [2.05, 4.69) is 4.98 Å². The standard InChI is InChI=1S/C18H23N3O4.2ClH/c1-18(2,9-19)10-21(3)17(22)15-16(25-11-20-15)12-4-5-13-14(8-12)24-7-6-23-13;;/h4-5,8,11H,6-7,9-10,19H2,1-3H3;2*1H. The molecule has 27 heavy (non-hydrogen) atoms. The van der Waals surface area contributed by atoms with Crippen molar-refractivity contribution in [2.75, 3.05) is 33.4 Å². The molecule has 3 rings (SSSR count). The molecule has 0 aliphatic carbocycles. The molecule has 1 aromatic heterocycles. The number of carbonyl (C=O) groups excluding carboxylic acids is 1. The van der Waals surface area contributed by atoms with Crippen molar-refractivity contribution in [3.05, 3.63) is 30.3 Å². The van der Waals surface area contributed by atoms with Crippen LogP contribution >= 0.6 is 24.8 Å². The molecular weight excluding hydrogens is 393 g/mol. The number of carbonyl (C=O) groups is 1. The third-order valence-electron chi connectivity index (χ3n) is 4.14. The Hall–Kier alpha value is -1.96. The SMILES string of the molecule is CN(CC(C)(C)CN)C(=O)c1ncoc1-c1ccc2c(c1)OCCO2.Cl.Cl. The van der Waals surface area contributed by atoms with Gasteiger partial charge in [-0.15, -0.1) is 24.8 Å². The van der Waals surface area contributed by atoms with Crippen LogP contribution in [0.15, 0.2) is 29.0 Å². The predicted molar refractivity (Wildman–Crippen MR) is 107 cm³/mol. The molecule has 0 saturated carbocycles. The number of nitrogens with zero attached hydrogens (tertiary/aromatic N) is 2. The van der Waals surface area contributed by atoms with Crippen LogP contribution in [0.4, 0.5) is 0 Å². The van der Waals surface area contributed by atoms with Crippen LogP contribution < -0.4 is 15.2 Å². The van der Waals surface area contributed by atoms with Gasteiger partial charge in [0.2, 0.25) is 0 Å². The second-order valence-electron chi connectivity index (χ2n) is 6.92. The summed E-state index contributed by atoms with van der Waals surface area (Å²) >= 11 is 0. The highest BCUT2D eigenvalue weighted by Gasteiger charge is 2.26. The summed E-state index contributed by atoms with van der Waals surface area (Å²) in [7, 11) is 1.74. The molecule has 0 bridgehead atoms. The Bertz CT molecular complexity index is 780. The van der Waals surface area contributed by atoms with Gasteiger partial charge in [-0.2, -0.15) is 0 Å². The lowest BCUT2D eigenvalue weighted by atomic mass is 9.93. The van der Waals surface area contributed by atoms with E-state index < -0.39 is 0 Å². The molecule has 1 aliphatic heterocycles. The van der Waals surface area contributed by atoms with Gasteiger partial charge in [0, 0.05) is 19.2 Å². The molecule has 0 unspecified atom stereocenters. The second kappa shape index (κ2) is 9.30. The van der Waals surface area contributed by atoms with E-state index in [9.17, 15) is 4.79 Å². The van der Waals surface area contributed by atoms with Gasteiger partial charge in [0.05, 0.1) is 0 Å². The van der Waals surface area contributed by atoms with Crippen molar-refractivity contribution in [2.24, 2.45) is 11.1 Å². The first-order valence-electron chi connectivity index (χ1n) is 8.20. The van der Waals surface area contributed by atoms with Gasteiger partial charge in [-0.1, -0.05) is 13.8 Å². The number of benzene rings is 1. The minimum Gasteiger partial charge on any atom is -0.486 e. The van der Waals surface area contributed by atoms with Crippen molar-refractivity contribution < 1.29 is 18.7 Å². The van der Waals surface area contributed by atoms with E-state index in [0.717, 1.165) is 5.56 Å². The smallest absolute Gasteiger partial charge is 0.276 e. The predicted octanol–water partition coefficient (Wildman–Crippen LogP) is 3.01. The number of nitrogens with two attached hydrogens (primary N) is 1. The van der Waals surface area contributed by atoms with Crippen molar-refractivity contribution in [2.45, 2.75) is 13.8 Å². The van der Waals surface area contributed by atoms with Gasteiger partial charge >= 0.3 is 0 Å². The number of hydrogen-bond acceptors (Lipinski definition) is 6. The van der Waals surface area contributed by atoms with Crippen molar-refractivity contribution in [1.29, 1.82) is 0 Å². The first-order valence-corrected chi connectivity index (χ1v) is 8.20. The summed E-state index contributed by atoms with van der Waals surface area (Å²) < 4.78 is 16.6.